The van der Waals surface area contributed by atoms with Crippen LogP contribution in [-0.2, 0) is 4.79 Å². The zero-order chi connectivity index (χ0) is 13.7. The molecule has 1 aliphatic carbocycles. The molecule has 0 aromatic carbocycles. The van der Waals surface area contributed by atoms with Gasteiger partial charge >= 0.3 is 0 Å². The topological polar surface area (TPSA) is 58.1 Å². The fourth-order valence-electron chi connectivity index (χ4n) is 1.80. The second kappa shape index (κ2) is 6.31. The first-order valence-electron chi connectivity index (χ1n) is 6.73. The van der Waals surface area contributed by atoms with Gasteiger partial charge < -0.3 is 10.2 Å². The molecule has 1 aromatic heterocycles. The van der Waals surface area contributed by atoms with Crippen LogP contribution >= 0.6 is 0 Å². The molecule has 0 atom stereocenters. The van der Waals surface area contributed by atoms with Crippen molar-refractivity contribution in [1.29, 1.82) is 0 Å². The molecule has 1 aliphatic rings. The molecule has 0 unspecified atom stereocenters. The standard InChI is InChI=1S/C14H20N4O/c1-3-5-8-18(4-2)13-10-15-12(9-16-13)17-14(19)11-6-7-11/h3,9-11H,1,4-8H2,2H3,(H,15,17,19). The lowest BCUT2D eigenvalue weighted by Gasteiger charge is -2.20. The predicted octanol–water partition coefficient (Wildman–Crippen LogP) is 2.23. The summed E-state index contributed by atoms with van der Waals surface area (Å²) in [6.45, 7) is 7.55. The number of nitrogens with one attached hydrogen (secondary N) is 1. The third-order valence-electron chi connectivity index (χ3n) is 3.15. The maximum absolute atomic E-state index is 11.6. The van der Waals surface area contributed by atoms with E-state index in [1.165, 1.54) is 0 Å². The average Bonchev–Trinajstić information content (AvgIpc) is 3.26. The Bertz CT molecular complexity index is 439. The third-order valence-corrected chi connectivity index (χ3v) is 3.15. The second-order valence-corrected chi connectivity index (χ2v) is 4.68. The number of hydrogen-bond acceptors (Lipinski definition) is 4. The van der Waals surface area contributed by atoms with Crippen molar-refractivity contribution in [3.05, 3.63) is 25.0 Å². The Labute approximate surface area is 113 Å². The maximum Gasteiger partial charge on any atom is 0.228 e. The summed E-state index contributed by atoms with van der Waals surface area (Å²) in [7, 11) is 0. The molecule has 1 amide bonds. The zero-order valence-corrected chi connectivity index (χ0v) is 11.3. The van der Waals surface area contributed by atoms with E-state index in [1.807, 2.05) is 6.08 Å². The lowest BCUT2D eigenvalue weighted by molar-refractivity contribution is -0.117. The fourth-order valence-corrected chi connectivity index (χ4v) is 1.80. The highest BCUT2D eigenvalue weighted by Gasteiger charge is 2.29. The molecule has 1 fully saturated rings. The number of carbonyl (C=O) groups excluding carboxylic acids is 1. The molecule has 5 nitrogen and oxygen atoms in total. The third kappa shape index (κ3) is 3.77. The van der Waals surface area contributed by atoms with Crippen LogP contribution in [0.25, 0.3) is 0 Å². The molecule has 102 valence electrons. The van der Waals surface area contributed by atoms with Crippen molar-refractivity contribution in [3.63, 3.8) is 0 Å². The van der Waals surface area contributed by atoms with Gasteiger partial charge in [0.15, 0.2) is 5.82 Å². The zero-order valence-electron chi connectivity index (χ0n) is 11.3. The molecule has 1 heterocycles. The molecule has 5 heteroatoms. The highest BCUT2D eigenvalue weighted by atomic mass is 16.2. The van der Waals surface area contributed by atoms with E-state index in [0.29, 0.717) is 5.82 Å². The summed E-state index contributed by atoms with van der Waals surface area (Å²) in [5, 5.41) is 2.78. The summed E-state index contributed by atoms with van der Waals surface area (Å²) < 4.78 is 0. The van der Waals surface area contributed by atoms with Gasteiger partial charge in [0.05, 0.1) is 12.4 Å². The highest BCUT2D eigenvalue weighted by molar-refractivity contribution is 5.93. The van der Waals surface area contributed by atoms with Crippen LogP contribution in [0.15, 0.2) is 25.0 Å². The Morgan fingerprint density at radius 1 is 1.53 bits per heavy atom. The van der Waals surface area contributed by atoms with E-state index in [4.69, 9.17) is 0 Å². The van der Waals surface area contributed by atoms with Gasteiger partial charge in [-0.05, 0) is 26.2 Å². The van der Waals surface area contributed by atoms with Crippen molar-refractivity contribution < 1.29 is 4.79 Å². The predicted molar refractivity (Wildman–Crippen MR) is 76.1 cm³/mol. The quantitative estimate of drug-likeness (QED) is 0.764. The molecule has 0 bridgehead atoms. The number of aromatic nitrogens is 2. The van der Waals surface area contributed by atoms with Crippen molar-refractivity contribution in [2.75, 3.05) is 23.3 Å². The molecule has 0 aliphatic heterocycles. The van der Waals surface area contributed by atoms with Gasteiger partial charge in [0.25, 0.3) is 0 Å². The molecule has 1 saturated carbocycles. The summed E-state index contributed by atoms with van der Waals surface area (Å²) >= 11 is 0. The van der Waals surface area contributed by atoms with Crippen molar-refractivity contribution in [1.82, 2.24) is 9.97 Å². The summed E-state index contributed by atoms with van der Waals surface area (Å²) in [4.78, 5) is 22.3. The molecule has 0 spiro atoms. The molecular weight excluding hydrogens is 240 g/mol. The van der Waals surface area contributed by atoms with Crippen molar-refractivity contribution >= 4 is 17.5 Å². The number of rotatable bonds is 7. The van der Waals surface area contributed by atoms with Gasteiger partial charge in [-0.1, -0.05) is 6.08 Å². The molecule has 19 heavy (non-hydrogen) atoms. The second-order valence-electron chi connectivity index (χ2n) is 4.68. The van der Waals surface area contributed by atoms with E-state index in [2.05, 4.69) is 33.7 Å². The van der Waals surface area contributed by atoms with Gasteiger partial charge in [0, 0.05) is 19.0 Å². The largest absolute Gasteiger partial charge is 0.355 e. The highest BCUT2D eigenvalue weighted by Crippen LogP contribution is 2.29. The lowest BCUT2D eigenvalue weighted by Crippen LogP contribution is -2.25. The first-order valence-corrected chi connectivity index (χ1v) is 6.73. The minimum Gasteiger partial charge on any atom is -0.355 e. The van der Waals surface area contributed by atoms with Crippen LogP contribution in [-0.4, -0.2) is 29.0 Å². The van der Waals surface area contributed by atoms with Crippen LogP contribution in [0.1, 0.15) is 26.2 Å². The Morgan fingerprint density at radius 2 is 2.32 bits per heavy atom. The molecule has 0 saturated heterocycles. The Balaban J connectivity index is 1.95. The Hall–Kier alpha value is -1.91. The number of amides is 1. The first-order chi connectivity index (χ1) is 9.24. The lowest BCUT2D eigenvalue weighted by atomic mass is 10.3. The number of anilines is 2. The summed E-state index contributed by atoms with van der Waals surface area (Å²) in [5.41, 5.74) is 0. The number of carbonyl (C=O) groups is 1. The normalized spacial score (nSPS) is 13.9. The molecule has 1 aromatic rings. The van der Waals surface area contributed by atoms with Crippen LogP contribution in [0.3, 0.4) is 0 Å². The Kier molecular flexibility index (Phi) is 4.49. The molecular formula is C14H20N4O. The van der Waals surface area contributed by atoms with E-state index in [0.717, 1.165) is 38.2 Å². The van der Waals surface area contributed by atoms with E-state index >= 15 is 0 Å². The van der Waals surface area contributed by atoms with Gasteiger partial charge in [0.1, 0.15) is 5.82 Å². The smallest absolute Gasteiger partial charge is 0.228 e. The first kappa shape index (κ1) is 13.5. The van der Waals surface area contributed by atoms with Crippen molar-refractivity contribution in [2.45, 2.75) is 26.2 Å². The summed E-state index contributed by atoms with van der Waals surface area (Å²) in [6.07, 6.45) is 8.10. The van der Waals surface area contributed by atoms with Gasteiger partial charge in [-0.2, -0.15) is 0 Å². The number of nitrogens with zero attached hydrogens (tertiary/aromatic N) is 3. The van der Waals surface area contributed by atoms with Gasteiger partial charge in [-0.25, -0.2) is 9.97 Å². The van der Waals surface area contributed by atoms with Gasteiger partial charge in [-0.15, -0.1) is 6.58 Å². The molecule has 1 N–H and O–H groups in total. The fraction of sp³-hybridized carbons (Fsp3) is 0.500. The van der Waals surface area contributed by atoms with E-state index in [-0.39, 0.29) is 11.8 Å². The van der Waals surface area contributed by atoms with Crippen LogP contribution in [0, 0.1) is 5.92 Å². The SMILES string of the molecule is C=CCCN(CC)c1cnc(NC(=O)C2CC2)cn1. The Morgan fingerprint density at radius 3 is 2.84 bits per heavy atom. The molecule has 2 rings (SSSR count). The monoisotopic (exact) mass is 260 g/mol. The van der Waals surface area contributed by atoms with Gasteiger partial charge in [-0.3, -0.25) is 4.79 Å². The van der Waals surface area contributed by atoms with E-state index < -0.39 is 0 Å². The van der Waals surface area contributed by atoms with Crippen LogP contribution in [0.2, 0.25) is 0 Å². The van der Waals surface area contributed by atoms with E-state index in [1.54, 1.807) is 12.4 Å². The number of hydrogen-bond donors (Lipinski definition) is 1. The minimum atomic E-state index is 0.0565. The van der Waals surface area contributed by atoms with Crippen molar-refractivity contribution in [3.8, 4) is 0 Å². The van der Waals surface area contributed by atoms with Crippen LogP contribution in [0.4, 0.5) is 11.6 Å². The summed E-state index contributed by atoms with van der Waals surface area (Å²) in [6, 6.07) is 0. The maximum atomic E-state index is 11.6. The summed E-state index contributed by atoms with van der Waals surface area (Å²) in [5.74, 6) is 1.59. The van der Waals surface area contributed by atoms with E-state index in [9.17, 15) is 4.79 Å². The molecule has 0 radical (unpaired) electrons. The minimum absolute atomic E-state index is 0.0565. The van der Waals surface area contributed by atoms with Crippen LogP contribution in [0.5, 0.6) is 0 Å². The van der Waals surface area contributed by atoms with Crippen LogP contribution < -0.4 is 10.2 Å². The van der Waals surface area contributed by atoms with Gasteiger partial charge in [0.2, 0.25) is 5.91 Å². The average molecular weight is 260 g/mol. The van der Waals surface area contributed by atoms with Crippen molar-refractivity contribution in [2.24, 2.45) is 5.92 Å².